The largest absolute Gasteiger partial charge is 0.330 e. The molecule has 0 spiro atoms. The molecular formula is C15H22N2O. The van der Waals surface area contributed by atoms with Crippen molar-refractivity contribution >= 4 is 11.6 Å². The van der Waals surface area contributed by atoms with E-state index in [2.05, 4.69) is 18.2 Å². The summed E-state index contributed by atoms with van der Waals surface area (Å²) in [6.45, 7) is 2.57. The van der Waals surface area contributed by atoms with Gasteiger partial charge in [-0.25, -0.2) is 0 Å². The van der Waals surface area contributed by atoms with E-state index >= 15 is 0 Å². The van der Waals surface area contributed by atoms with Gasteiger partial charge >= 0.3 is 0 Å². The molecule has 0 aromatic heterocycles. The van der Waals surface area contributed by atoms with Gasteiger partial charge in [0.1, 0.15) is 0 Å². The number of rotatable bonds is 4. The Bertz CT molecular complexity index is 442. The lowest BCUT2D eigenvalue weighted by Gasteiger charge is -2.20. The van der Waals surface area contributed by atoms with Crippen molar-refractivity contribution in [1.82, 2.24) is 0 Å². The third kappa shape index (κ3) is 2.72. The molecule has 0 heterocycles. The number of anilines is 1. The molecule has 18 heavy (non-hydrogen) atoms. The molecule has 2 rings (SSSR count). The number of carbonyl (C=O) groups excluding carboxylic acids is 1. The average molecular weight is 246 g/mol. The molecule has 0 fully saturated rings. The second kappa shape index (κ2) is 5.53. The van der Waals surface area contributed by atoms with Crippen LogP contribution in [-0.2, 0) is 17.6 Å². The summed E-state index contributed by atoms with van der Waals surface area (Å²) in [4.78, 5) is 13.8. The minimum atomic E-state index is 0.144. The van der Waals surface area contributed by atoms with E-state index in [9.17, 15) is 4.79 Å². The molecule has 1 aliphatic rings. The first kappa shape index (κ1) is 13.1. The van der Waals surface area contributed by atoms with Gasteiger partial charge in [-0.05, 0) is 55.0 Å². The maximum atomic E-state index is 12.1. The van der Waals surface area contributed by atoms with Gasteiger partial charge in [0.25, 0.3) is 0 Å². The highest BCUT2D eigenvalue weighted by Crippen LogP contribution is 2.26. The van der Waals surface area contributed by atoms with Crippen LogP contribution in [0.2, 0.25) is 0 Å². The van der Waals surface area contributed by atoms with Crippen molar-refractivity contribution < 1.29 is 4.79 Å². The van der Waals surface area contributed by atoms with Crippen molar-refractivity contribution in [2.45, 2.75) is 32.6 Å². The van der Waals surface area contributed by atoms with Gasteiger partial charge in [0.2, 0.25) is 5.91 Å². The second-order valence-corrected chi connectivity index (χ2v) is 5.30. The van der Waals surface area contributed by atoms with Crippen LogP contribution in [0.25, 0.3) is 0 Å². The first-order chi connectivity index (χ1) is 8.61. The van der Waals surface area contributed by atoms with Crippen LogP contribution in [0.3, 0.4) is 0 Å². The van der Waals surface area contributed by atoms with Crippen LogP contribution in [0.5, 0.6) is 0 Å². The summed E-state index contributed by atoms with van der Waals surface area (Å²) in [6, 6.07) is 6.37. The Balaban J connectivity index is 2.09. The zero-order valence-corrected chi connectivity index (χ0v) is 11.3. The number of fused-ring (bicyclic) bond motifs is 1. The van der Waals surface area contributed by atoms with Gasteiger partial charge in [0.05, 0.1) is 0 Å². The number of hydrogen-bond donors (Lipinski definition) is 1. The Hall–Kier alpha value is -1.35. The SMILES string of the molecule is CC(CN)CC(=O)N(C)c1ccc2c(c1)CCC2. The predicted molar refractivity (Wildman–Crippen MR) is 74.7 cm³/mol. The first-order valence-corrected chi connectivity index (χ1v) is 6.70. The zero-order chi connectivity index (χ0) is 13.1. The number of nitrogens with two attached hydrogens (primary N) is 1. The minimum absolute atomic E-state index is 0.144. The van der Waals surface area contributed by atoms with Gasteiger partial charge in [0.15, 0.2) is 0 Å². The molecule has 1 unspecified atom stereocenters. The van der Waals surface area contributed by atoms with Gasteiger partial charge in [-0.2, -0.15) is 0 Å². The molecule has 1 atom stereocenters. The smallest absolute Gasteiger partial charge is 0.227 e. The molecule has 3 heteroatoms. The van der Waals surface area contributed by atoms with Gasteiger partial charge < -0.3 is 10.6 Å². The normalized spacial score (nSPS) is 15.3. The Morgan fingerprint density at radius 3 is 2.83 bits per heavy atom. The van der Waals surface area contributed by atoms with Crippen LogP contribution >= 0.6 is 0 Å². The fourth-order valence-corrected chi connectivity index (χ4v) is 2.43. The van der Waals surface area contributed by atoms with Crippen LogP contribution in [0.1, 0.15) is 30.9 Å². The summed E-state index contributed by atoms with van der Waals surface area (Å²) in [5.74, 6) is 0.389. The summed E-state index contributed by atoms with van der Waals surface area (Å²) in [5, 5.41) is 0. The molecule has 2 N–H and O–H groups in total. The first-order valence-electron chi connectivity index (χ1n) is 6.70. The van der Waals surface area contributed by atoms with Crippen molar-refractivity contribution in [3.05, 3.63) is 29.3 Å². The molecular weight excluding hydrogens is 224 g/mol. The van der Waals surface area contributed by atoms with Gasteiger partial charge in [-0.3, -0.25) is 4.79 Å². The number of nitrogens with zero attached hydrogens (tertiary/aromatic N) is 1. The summed E-state index contributed by atoms with van der Waals surface area (Å²) >= 11 is 0. The fraction of sp³-hybridized carbons (Fsp3) is 0.533. The molecule has 0 radical (unpaired) electrons. The lowest BCUT2D eigenvalue weighted by atomic mass is 10.1. The number of amides is 1. The molecule has 98 valence electrons. The third-order valence-electron chi connectivity index (χ3n) is 3.77. The highest BCUT2D eigenvalue weighted by Gasteiger charge is 2.17. The molecule has 0 aliphatic heterocycles. The van der Waals surface area contributed by atoms with Gasteiger partial charge in [-0.15, -0.1) is 0 Å². The zero-order valence-electron chi connectivity index (χ0n) is 11.3. The van der Waals surface area contributed by atoms with Crippen molar-refractivity contribution in [1.29, 1.82) is 0 Å². The summed E-state index contributed by atoms with van der Waals surface area (Å²) in [5.41, 5.74) is 9.41. The van der Waals surface area contributed by atoms with Crippen LogP contribution in [0.4, 0.5) is 5.69 Å². The van der Waals surface area contributed by atoms with Crippen LogP contribution < -0.4 is 10.6 Å². The molecule has 1 aromatic rings. The lowest BCUT2D eigenvalue weighted by molar-refractivity contribution is -0.119. The lowest BCUT2D eigenvalue weighted by Crippen LogP contribution is -2.29. The van der Waals surface area contributed by atoms with E-state index < -0.39 is 0 Å². The highest BCUT2D eigenvalue weighted by molar-refractivity contribution is 5.93. The van der Waals surface area contributed by atoms with Crippen molar-refractivity contribution in [3.63, 3.8) is 0 Å². The van der Waals surface area contributed by atoms with Crippen LogP contribution in [0, 0.1) is 5.92 Å². The summed E-state index contributed by atoms with van der Waals surface area (Å²) < 4.78 is 0. The van der Waals surface area contributed by atoms with Crippen LogP contribution in [0.15, 0.2) is 18.2 Å². The molecule has 0 saturated carbocycles. The van der Waals surface area contributed by atoms with E-state index in [-0.39, 0.29) is 11.8 Å². The predicted octanol–water partition coefficient (Wildman–Crippen LogP) is 2.12. The Labute approximate surface area is 109 Å². The number of carbonyl (C=O) groups is 1. The minimum Gasteiger partial charge on any atom is -0.330 e. The van der Waals surface area contributed by atoms with Gasteiger partial charge in [-0.1, -0.05) is 13.0 Å². The highest BCUT2D eigenvalue weighted by atomic mass is 16.2. The molecule has 3 nitrogen and oxygen atoms in total. The quantitative estimate of drug-likeness (QED) is 0.884. The van der Waals surface area contributed by atoms with E-state index in [1.165, 1.54) is 24.0 Å². The average Bonchev–Trinajstić information content (AvgIpc) is 2.84. The van der Waals surface area contributed by atoms with E-state index in [1.54, 1.807) is 4.90 Å². The molecule has 0 saturated heterocycles. The van der Waals surface area contributed by atoms with Crippen molar-refractivity contribution in [2.24, 2.45) is 11.7 Å². The van der Waals surface area contributed by atoms with E-state index in [4.69, 9.17) is 5.73 Å². The van der Waals surface area contributed by atoms with Crippen molar-refractivity contribution in [3.8, 4) is 0 Å². The molecule has 1 aliphatic carbocycles. The van der Waals surface area contributed by atoms with Crippen LogP contribution in [-0.4, -0.2) is 19.5 Å². The fourth-order valence-electron chi connectivity index (χ4n) is 2.43. The maximum Gasteiger partial charge on any atom is 0.227 e. The molecule has 0 bridgehead atoms. The van der Waals surface area contributed by atoms with Crippen molar-refractivity contribution in [2.75, 3.05) is 18.5 Å². The topological polar surface area (TPSA) is 46.3 Å². The van der Waals surface area contributed by atoms with E-state index in [0.717, 1.165) is 12.1 Å². The van der Waals surface area contributed by atoms with Gasteiger partial charge in [0, 0.05) is 19.2 Å². The second-order valence-electron chi connectivity index (χ2n) is 5.30. The number of benzene rings is 1. The number of aryl methyl sites for hydroxylation is 2. The van der Waals surface area contributed by atoms with E-state index in [0.29, 0.717) is 13.0 Å². The maximum absolute atomic E-state index is 12.1. The van der Waals surface area contributed by atoms with E-state index in [1.807, 2.05) is 14.0 Å². The Morgan fingerprint density at radius 2 is 2.11 bits per heavy atom. The monoisotopic (exact) mass is 246 g/mol. The summed E-state index contributed by atoms with van der Waals surface area (Å²) in [6.07, 6.45) is 4.08. The number of hydrogen-bond acceptors (Lipinski definition) is 2. The summed E-state index contributed by atoms with van der Waals surface area (Å²) in [7, 11) is 1.85. The Morgan fingerprint density at radius 1 is 1.39 bits per heavy atom. The third-order valence-corrected chi connectivity index (χ3v) is 3.77. The Kier molecular flexibility index (Phi) is 4.02. The molecule has 1 aromatic carbocycles. The standard InChI is InChI=1S/C15H22N2O/c1-11(10-16)8-15(18)17(2)14-7-6-12-4-3-5-13(12)9-14/h6-7,9,11H,3-5,8,10,16H2,1-2H3. The molecule has 1 amide bonds.